The Hall–Kier alpha value is -1.67. The molecule has 0 aliphatic heterocycles. The van der Waals surface area contributed by atoms with Crippen molar-refractivity contribution in [2.24, 2.45) is 0 Å². The van der Waals surface area contributed by atoms with Crippen LogP contribution in [0.4, 0.5) is 18.3 Å². The average molecular weight is 308 g/mol. The fourth-order valence-corrected chi connectivity index (χ4v) is 1.89. The van der Waals surface area contributed by atoms with E-state index < -0.39 is 17.1 Å². The van der Waals surface area contributed by atoms with Crippen LogP contribution < -0.4 is 5.32 Å². The Morgan fingerprint density at radius 2 is 1.84 bits per heavy atom. The lowest BCUT2D eigenvalue weighted by molar-refractivity contribution is -0.138. The molecule has 100 valence electrons. The predicted molar refractivity (Wildman–Crippen MR) is 64.3 cm³/mol. The number of amides is 1. The Morgan fingerprint density at radius 3 is 2.37 bits per heavy atom. The maximum atomic E-state index is 12.3. The van der Waals surface area contributed by atoms with Crippen LogP contribution in [0.25, 0.3) is 0 Å². The fourth-order valence-electron chi connectivity index (χ4n) is 1.16. The molecular weight excluding hydrogens is 303 g/mol. The van der Waals surface area contributed by atoms with Crippen LogP contribution >= 0.6 is 22.9 Å². The molecule has 0 unspecified atom stereocenters. The van der Waals surface area contributed by atoms with E-state index in [0.717, 1.165) is 0 Å². The minimum atomic E-state index is -4.57. The van der Waals surface area contributed by atoms with Crippen LogP contribution in [0.15, 0.2) is 24.3 Å². The van der Waals surface area contributed by atoms with Gasteiger partial charge in [-0.25, -0.2) is 0 Å². The molecule has 0 radical (unpaired) electrons. The molecule has 0 saturated carbocycles. The molecule has 9 heteroatoms. The molecule has 4 nitrogen and oxygen atoms in total. The third kappa shape index (κ3) is 3.42. The second-order valence-corrected chi connectivity index (χ2v) is 4.79. The number of rotatable bonds is 2. The molecule has 19 heavy (non-hydrogen) atoms. The maximum Gasteiger partial charge on any atom is 0.445 e. The van der Waals surface area contributed by atoms with Gasteiger partial charge in [0.15, 0.2) is 0 Å². The van der Waals surface area contributed by atoms with Gasteiger partial charge < -0.3 is 0 Å². The Morgan fingerprint density at radius 1 is 1.21 bits per heavy atom. The van der Waals surface area contributed by atoms with Crippen molar-refractivity contribution in [1.29, 1.82) is 0 Å². The third-order valence-corrected chi connectivity index (χ3v) is 3.13. The number of halogens is 4. The number of nitrogens with zero attached hydrogens (tertiary/aromatic N) is 2. The van der Waals surface area contributed by atoms with E-state index in [2.05, 4.69) is 15.5 Å². The number of hydrogen-bond acceptors (Lipinski definition) is 4. The van der Waals surface area contributed by atoms with Crippen molar-refractivity contribution in [3.63, 3.8) is 0 Å². The summed E-state index contributed by atoms with van der Waals surface area (Å²) in [6, 6.07) is 5.89. The minimum Gasteiger partial charge on any atom is -0.296 e. The molecule has 1 amide bonds. The van der Waals surface area contributed by atoms with Crippen LogP contribution in [0.2, 0.25) is 5.02 Å². The Bertz CT molecular complexity index is 597. The summed E-state index contributed by atoms with van der Waals surface area (Å²) in [4.78, 5) is 11.7. The highest BCUT2D eigenvalue weighted by molar-refractivity contribution is 7.15. The SMILES string of the molecule is O=C(Nc1nnc(C(F)(F)F)s1)c1ccc(Cl)cc1. The van der Waals surface area contributed by atoms with Crippen molar-refractivity contribution in [2.75, 3.05) is 5.32 Å². The van der Waals surface area contributed by atoms with Gasteiger partial charge in [-0.15, -0.1) is 10.2 Å². The minimum absolute atomic E-state index is 0.215. The van der Waals surface area contributed by atoms with E-state index in [1.54, 1.807) is 0 Å². The lowest BCUT2D eigenvalue weighted by Crippen LogP contribution is -2.11. The zero-order chi connectivity index (χ0) is 14.0. The molecule has 2 aromatic rings. The first-order chi connectivity index (χ1) is 8.86. The van der Waals surface area contributed by atoms with Crippen LogP contribution in [0.1, 0.15) is 15.4 Å². The molecule has 0 atom stereocenters. The maximum absolute atomic E-state index is 12.3. The van der Waals surface area contributed by atoms with Gasteiger partial charge in [-0.1, -0.05) is 22.9 Å². The Kier molecular flexibility index (Phi) is 3.72. The monoisotopic (exact) mass is 307 g/mol. The van der Waals surface area contributed by atoms with Crippen LogP contribution in [-0.2, 0) is 6.18 Å². The fraction of sp³-hybridized carbons (Fsp3) is 0.100. The molecule has 0 fully saturated rings. The van der Waals surface area contributed by atoms with E-state index in [-0.39, 0.29) is 22.0 Å². The van der Waals surface area contributed by atoms with Gasteiger partial charge in [0.2, 0.25) is 10.1 Å². The number of alkyl halides is 3. The van der Waals surface area contributed by atoms with Crippen molar-refractivity contribution < 1.29 is 18.0 Å². The number of aromatic nitrogens is 2. The van der Waals surface area contributed by atoms with Crippen molar-refractivity contribution in [3.05, 3.63) is 39.9 Å². The number of benzene rings is 1. The van der Waals surface area contributed by atoms with E-state index >= 15 is 0 Å². The quantitative estimate of drug-likeness (QED) is 0.924. The summed E-state index contributed by atoms with van der Waals surface area (Å²) in [5.41, 5.74) is 0.258. The average Bonchev–Trinajstić information content (AvgIpc) is 2.78. The van der Waals surface area contributed by atoms with E-state index in [1.165, 1.54) is 24.3 Å². The molecular formula is C10H5ClF3N3OS. The summed E-state index contributed by atoms with van der Waals surface area (Å²) in [6.07, 6.45) is -4.57. The number of carbonyl (C=O) groups excluding carboxylic acids is 1. The molecule has 0 spiro atoms. The molecule has 0 aliphatic carbocycles. The van der Waals surface area contributed by atoms with Crippen LogP contribution in [0, 0.1) is 0 Å². The molecule has 0 bridgehead atoms. The van der Waals surface area contributed by atoms with E-state index in [4.69, 9.17) is 11.6 Å². The van der Waals surface area contributed by atoms with Gasteiger partial charge >= 0.3 is 6.18 Å². The highest BCUT2D eigenvalue weighted by Crippen LogP contribution is 2.33. The van der Waals surface area contributed by atoms with Crippen molar-refractivity contribution in [1.82, 2.24) is 10.2 Å². The molecule has 2 rings (SSSR count). The van der Waals surface area contributed by atoms with Crippen molar-refractivity contribution in [2.45, 2.75) is 6.18 Å². The van der Waals surface area contributed by atoms with E-state index in [0.29, 0.717) is 5.02 Å². The van der Waals surface area contributed by atoms with Crippen LogP contribution in [0.3, 0.4) is 0 Å². The van der Waals surface area contributed by atoms with Gasteiger partial charge in [-0.2, -0.15) is 13.2 Å². The second-order valence-electron chi connectivity index (χ2n) is 3.37. The van der Waals surface area contributed by atoms with Gasteiger partial charge in [0.05, 0.1) is 0 Å². The molecule has 1 aromatic heterocycles. The molecule has 0 saturated heterocycles. The summed E-state index contributed by atoms with van der Waals surface area (Å²) in [5, 5.41) is 7.57. The first-order valence-corrected chi connectivity index (χ1v) is 6.03. The van der Waals surface area contributed by atoms with Gasteiger partial charge in [0, 0.05) is 10.6 Å². The largest absolute Gasteiger partial charge is 0.445 e. The van der Waals surface area contributed by atoms with Crippen LogP contribution in [0.5, 0.6) is 0 Å². The summed E-state index contributed by atoms with van der Waals surface area (Å²) in [5.74, 6) is -0.582. The summed E-state index contributed by atoms with van der Waals surface area (Å²) in [7, 11) is 0. The van der Waals surface area contributed by atoms with E-state index in [9.17, 15) is 18.0 Å². The molecule has 1 aromatic carbocycles. The smallest absolute Gasteiger partial charge is 0.296 e. The molecule has 1 heterocycles. The third-order valence-electron chi connectivity index (χ3n) is 1.99. The van der Waals surface area contributed by atoms with Crippen LogP contribution in [-0.4, -0.2) is 16.1 Å². The van der Waals surface area contributed by atoms with Gasteiger partial charge in [0.25, 0.3) is 5.91 Å². The zero-order valence-electron chi connectivity index (χ0n) is 9.03. The molecule has 1 N–H and O–H groups in total. The predicted octanol–water partition coefficient (Wildman–Crippen LogP) is 3.46. The summed E-state index contributed by atoms with van der Waals surface area (Å²) in [6.45, 7) is 0. The lowest BCUT2D eigenvalue weighted by Gasteiger charge is -2.01. The molecule has 0 aliphatic rings. The lowest BCUT2D eigenvalue weighted by atomic mass is 10.2. The first kappa shape index (κ1) is 13.8. The number of nitrogens with one attached hydrogen (secondary N) is 1. The highest BCUT2D eigenvalue weighted by atomic mass is 35.5. The standard InChI is InChI=1S/C10H5ClF3N3OS/c11-6-3-1-5(2-4-6)7(18)15-9-17-16-8(19-9)10(12,13)14/h1-4H,(H,15,17,18). The van der Waals surface area contributed by atoms with Gasteiger partial charge in [-0.05, 0) is 24.3 Å². The van der Waals surface area contributed by atoms with E-state index in [1.807, 2.05) is 0 Å². The summed E-state index contributed by atoms with van der Waals surface area (Å²) < 4.78 is 36.9. The Balaban J connectivity index is 2.11. The Labute approximate surface area is 114 Å². The number of carbonyl (C=O) groups is 1. The number of hydrogen-bond donors (Lipinski definition) is 1. The first-order valence-electron chi connectivity index (χ1n) is 4.84. The normalized spacial score (nSPS) is 11.4. The zero-order valence-corrected chi connectivity index (χ0v) is 10.6. The van der Waals surface area contributed by atoms with Crippen molar-refractivity contribution in [3.8, 4) is 0 Å². The van der Waals surface area contributed by atoms with Gasteiger partial charge in [0.1, 0.15) is 0 Å². The number of anilines is 1. The van der Waals surface area contributed by atoms with Gasteiger partial charge in [-0.3, -0.25) is 10.1 Å². The second kappa shape index (κ2) is 5.14. The topological polar surface area (TPSA) is 54.9 Å². The summed E-state index contributed by atoms with van der Waals surface area (Å²) >= 11 is 5.91. The van der Waals surface area contributed by atoms with Crippen molar-refractivity contribution >= 4 is 34.0 Å². The highest BCUT2D eigenvalue weighted by Gasteiger charge is 2.35.